The number of rotatable bonds is 2. The largest absolute Gasteiger partial charge is 1.00 e. The third-order valence-corrected chi connectivity index (χ3v) is 2.50. The zero-order valence-electron chi connectivity index (χ0n) is 9.07. The van der Waals surface area contributed by atoms with Gasteiger partial charge in [-0.25, -0.2) is 4.39 Å². The Morgan fingerprint density at radius 1 is 1.38 bits per heavy atom. The molecule has 0 amide bonds. The number of carbonyl (C=O) groups excluding carboxylic acids is 1. The second kappa shape index (κ2) is 7.94. The van der Waals surface area contributed by atoms with Gasteiger partial charge in [0.25, 0.3) is 0 Å². The molecule has 0 heterocycles. The predicted molar refractivity (Wildman–Crippen MR) is 42.7 cm³/mol. The van der Waals surface area contributed by atoms with E-state index >= 15 is 0 Å². The van der Waals surface area contributed by atoms with Gasteiger partial charge in [-0.15, -0.1) is 0 Å². The van der Waals surface area contributed by atoms with Crippen molar-refractivity contribution >= 4 is 17.0 Å². The van der Waals surface area contributed by atoms with Gasteiger partial charge in [0, 0.05) is 10.5 Å². The van der Waals surface area contributed by atoms with Crippen molar-refractivity contribution in [3.8, 4) is 0 Å². The molecule has 1 rings (SSSR count). The molecule has 0 aliphatic heterocycles. The molecule has 1 aromatic carbocycles. The van der Waals surface area contributed by atoms with Gasteiger partial charge in [0.1, 0.15) is 5.82 Å². The van der Waals surface area contributed by atoms with Crippen LogP contribution in [-0.4, -0.2) is 14.7 Å². The Morgan fingerprint density at radius 3 is 2.25 bits per heavy atom. The smallest absolute Gasteiger partial charge is 0.768 e. The average molecular weight is 262 g/mol. The molecule has 0 aliphatic carbocycles. The first-order valence-corrected chi connectivity index (χ1v) is 4.61. The number of benzene rings is 1. The Labute approximate surface area is 138 Å². The maximum absolute atomic E-state index is 13.0. The summed E-state index contributed by atoms with van der Waals surface area (Å²) in [5, 5.41) is 10.4. The minimum atomic E-state index is -2.66. The van der Waals surface area contributed by atoms with E-state index in [0.717, 1.165) is 12.1 Å². The molecule has 0 aromatic heterocycles. The van der Waals surface area contributed by atoms with E-state index < -0.39 is 28.4 Å². The summed E-state index contributed by atoms with van der Waals surface area (Å²) >= 11 is -2.66. The number of carbonyl (C=O) groups is 1. The first-order chi connectivity index (χ1) is 6.43. The second-order valence-electron chi connectivity index (χ2n) is 2.60. The minimum absolute atomic E-state index is 0. The van der Waals surface area contributed by atoms with E-state index in [1.165, 1.54) is 6.92 Å². The Hall–Kier alpha value is 0.730. The average Bonchev–Trinajstić information content (AvgIpc) is 2.08. The maximum Gasteiger partial charge on any atom is 1.00 e. The molecule has 8 heteroatoms. The summed E-state index contributed by atoms with van der Waals surface area (Å²) in [5.74, 6) is -2.50. The van der Waals surface area contributed by atoms with E-state index in [2.05, 4.69) is 0 Å². The topological polar surface area (TPSA) is 80.3 Å². The van der Waals surface area contributed by atoms with Crippen LogP contribution in [0, 0.1) is 12.7 Å². The first-order valence-electron chi connectivity index (χ1n) is 3.54. The Morgan fingerprint density at radius 2 is 1.88 bits per heavy atom. The zero-order valence-corrected chi connectivity index (χ0v) is 13.9. The summed E-state index contributed by atoms with van der Waals surface area (Å²) in [7, 11) is 0. The standard InChI is InChI=1S/C8H7FO4S.2Na/c1-4-6(9)2-5(8(10)11)3-7(4)14(12)13;;/h2-3H,1H3,(H,10,11)(H,12,13);;/q;2*+1/p-2. The molecule has 0 aliphatic rings. The SMILES string of the molecule is Cc1c(F)cc(C(=O)[O-])cc1S(=O)[O-].[Na+].[Na+]. The van der Waals surface area contributed by atoms with Crippen LogP contribution in [0.1, 0.15) is 15.9 Å². The van der Waals surface area contributed by atoms with Gasteiger partial charge in [-0.3, -0.25) is 4.21 Å². The van der Waals surface area contributed by atoms with Crippen molar-refractivity contribution in [1.29, 1.82) is 0 Å². The summed E-state index contributed by atoms with van der Waals surface area (Å²) < 4.78 is 34.1. The molecular formula is C8H5FNa2O4S. The Balaban J connectivity index is 0. The van der Waals surface area contributed by atoms with Crippen LogP contribution >= 0.6 is 0 Å². The summed E-state index contributed by atoms with van der Waals surface area (Å²) in [6, 6.07) is 1.58. The van der Waals surface area contributed by atoms with E-state index in [1.54, 1.807) is 0 Å². The van der Waals surface area contributed by atoms with Crippen LogP contribution in [0.15, 0.2) is 17.0 Å². The molecule has 16 heavy (non-hydrogen) atoms. The number of carboxylic acid groups (broad SMARTS) is 1. The van der Waals surface area contributed by atoms with E-state index in [1.807, 2.05) is 0 Å². The number of hydrogen-bond acceptors (Lipinski definition) is 4. The van der Waals surface area contributed by atoms with Crippen molar-refractivity contribution in [1.82, 2.24) is 0 Å². The van der Waals surface area contributed by atoms with Crippen molar-refractivity contribution in [3.05, 3.63) is 29.1 Å². The van der Waals surface area contributed by atoms with Crippen LogP contribution in [0.4, 0.5) is 4.39 Å². The fraction of sp³-hybridized carbons (Fsp3) is 0.125. The third-order valence-electron chi connectivity index (χ3n) is 1.71. The number of halogens is 1. The van der Waals surface area contributed by atoms with Gasteiger partial charge in [-0.2, -0.15) is 0 Å². The second-order valence-corrected chi connectivity index (χ2v) is 3.51. The molecular weight excluding hydrogens is 257 g/mol. The third kappa shape index (κ3) is 4.54. The first kappa shape index (κ1) is 19.1. The van der Waals surface area contributed by atoms with Gasteiger partial charge in [0.15, 0.2) is 0 Å². The van der Waals surface area contributed by atoms with E-state index in [0.29, 0.717) is 0 Å². The molecule has 0 radical (unpaired) electrons. The molecule has 4 nitrogen and oxygen atoms in total. The maximum atomic E-state index is 13.0. The van der Waals surface area contributed by atoms with Crippen LogP contribution < -0.4 is 64.2 Å². The molecule has 0 saturated carbocycles. The fourth-order valence-electron chi connectivity index (χ4n) is 0.945. The number of hydrogen-bond donors (Lipinski definition) is 0. The van der Waals surface area contributed by atoms with Gasteiger partial charge in [0.2, 0.25) is 0 Å². The molecule has 0 N–H and O–H groups in total. The fourth-order valence-corrected chi connectivity index (χ4v) is 1.52. The van der Waals surface area contributed by atoms with Gasteiger partial charge >= 0.3 is 59.1 Å². The number of aromatic carboxylic acids is 1. The number of carboxylic acids is 1. The van der Waals surface area contributed by atoms with Gasteiger partial charge in [-0.1, -0.05) is 0 Å². The van der Waals surface area contributed by atoms with Crippen LogP contribution in [0.2, 0.25) is 0 Å². The van der Waals surface area contributed by atoms with Crippen molar-refractivity contribution in [2.24, 2.45) is 0 Å². The molecule has 1 aromatic rings. The Bertz CT molecular complexity index is 425. The minimum Gasteiger partial charge on any atom is -0.768 e. The van der Waals surface area contributed by atoms with Gasteiger partial charge in [-0.05, 0) is 35.7 Å². The Kier molecular flexibility index (Phi) is 9.47. The van der Waals surface area contributed by atoms with Crippen LogP contribution in [0.3, 0.4) is 0 Å². The molecule has 0 bridgehead atoms. The molecule has 0 saturated heterocycles. The van der Waals surface area contributed by atoms with Crippen LogP contribution in [-0.2, 0) is 11.1 Å². The van der Waals surface area contributed by atoms with E-state index in [-0.39, 0.29) is 69.6 Å². The zero-order chi connectivity index (χ0) is 10.9. The quantitative estimate of drug-likeness (QED) is 0.392. The van der Waals surface area contributed by atoms with Crippen molar-refractivity contribution in [2.45, 2.75) is 11.8 Å². The molecule has 0 spiro atoms. The predicted octanol–water partition coefficient (Wildman–Crippen LogP) is -6.26. The summed E-state index contributed by atoms with van der Waals surface area (Å²) in [6.45, 7) is 1.25. The normalized spacial score (nSPS) is 10.9. The van der Waals surface area contributed by atoms with Crippen molar-refractivity contribution in [2.75, 3.05) is 0 Å². The molecule has 0 fully saturated rings. The molecule has 1 atom stereocenters. The van der Waals surface area contributed by atoms with E-state index in [4.69, 9.17) is 0 Å². The van der Waals surface area contributed by atoms with Crippen molar-refractivity contribution < 1.29 is 82.2 Å². The molecule has 1 unspecified atom stereocenters. The van der Waals surface area contributed by atoms with Crippen LogP contribution in [0.5, 0.6) is 0 Å². The van der Waals surface area contributed by atoms with Crippen molar-refractivity contribution in [3.63, 3.8) is 0 Å². The summed E-state index contributed by atoms with van der Waals surface area (Å²) in [4.78, 5) is 9.99. The summed E-state index contributed by atoms with van der Waals surface area (Å²) in [6.07, 6.45) is 0. The van der Waals surface area contributed by atoms with E-state index in [9.17, 15) is 23.1 Å². The molecule has 76 valence electrons. The summed E-state index contributed by atoms with van der Waals surface area (Å²) in [5.41, 5.74) is -0.601. The van der Waals surface area contributed by atoms with Crippen LogP contribution in [0.25, 0.3) is 0 Å². The van der Waals surface area contributed by atoms with Gasteiger partial charge in [0.05, 0.1) is 5.97 Å². The monoisotopic (exact) mass is 262 g/mol. The van der Waals surface area contributed by atoms with Gasteiger partial charge < -0.3 is 14.5 Å².